The lowest BCUT2D eigenvalue weighted by Gasteiger charge is -2.25. The molecule has 2 heterocycles. The fraction of sp³-hybridized carbons (Fsp3) is 0.172. The molecule has 1 unspecified atom stereocenters. The number of nitrogens with zero attached hydrogens (tertiary/aromatic N) is 2. The molecule has 1 N–H and O–H groups in total. The van der Waals surface area contributed by atoms with Gasteiger partial charge in [0.15, 0.2) is 0 Å². The predicted octanol–water partition coefficient (Wildman–Crippen LogP) is 6.08. The summed E-state index contributed by atoms with van der Waals surface area (Å²) in [6.07, 6.45) is 1.89. The van der Waals surface area contributed by atoms with Crippen LogP contribution in [0.15, 0.2) is 72.4 Å². The first-order chi connectivity index (χ1) is 17.2. The van der Waals surface area contributed by atoms with Crippen LogP contribution in [0.4, 0.5) is 5.69 Å². The lowest BCUT2D eigenvalue weighted by atomic mass is 9.93. The van der Waals surface area contributed by atoms with Gasteiger partial charge in [0.25, 0.3) is 11.7 Å². The van der Waals surface area contributed by atoms with E-state index in [4.69, 9.17) is 16.3 Å². The van der Waals surface area contributed by atoms with E-state index in [0.29, 0.717) is 22.0 Å². The van der Waals surface area contributed by atoms with Crippen molar-refractivity contribution in [2.24, 2.45) is 7.05 Å². The van der Waals surface area contributed by atoms with Crippen LogP contribution in [0.5, 0.6) is 5.75 Å². The van der Waals surface area contributed by atoms with E-state index >= 15 is 0 Å². The van der Waals surface area contributed by atoms with Crippen LogP contribution in [0.1, 0.15) is 28.3 Å². The van der Waals surface area contributed by atoms with Crippen LogP contribution in [0.25, 0.3) is 16.7 Å². The second-order valence-corrected chi connectivity index (χ2v) is 9.46. The maximum atomic E-state index is 13.6. The van der Waals surface area contributed by atoms with E-state index in [-0.39, 0.29) is 11.3 Å². The molecule has 5 rings (SSSR count). The van der Waals surface area contributed by atoms with Crippen molar-refractivity contribution in [1.29, 1.82) is 0 Å². The highest BCUT2D eigenvalue weighted by atomic mass is 35.5. The number of aromatic nitrogens is 1. The maximum absolute atomic E-state index is 13.6. The Morgan fingerprint density at radius 1 is 1.03 bits per heavy atom. The lowest BCUT2D eigenvalue weighted by molar-refractivity contribution is -0.132. The molecular formula is C29H25ClN2O4. The van der Waals surface area contributed by atoms with Crippen molar-refractivity contribution in [2.75, 3.05) is 12.0 Å². The first-order valence-electron chi connectivity index (χ1n) is 11.5. The highest BCUT2D eigenvalue weighted by Gasteiger charge is 2.48. The largest absolute Gasteiger partial charge is 0.507 e. The number of amides is 1. The highest BCUT2D eigenvalue weighted by molar-refractivity contribution is 6.52. The smallest absolute Gasteiger partial charge is 0.300 e. The van der Waals surface area contributed by atoms with Gasteiger partial charge in [0.05, 0.1) is 24.3 Å². The number of ketones is 1. The normalized spacial score (nSPS) is 17.2. The quantitative estimate of drug-likeness (QED) is 0.209. The summed E-state index contributed by atoms with van der Waals surface area (Å²) in [5.74, 6) is -1.34. The molecule has 1 saturated heterocycles. The van der Waals surface area contributed by atoms with Crippen molar-refractivity contribution in [2.45, 2.75) is 19.9 Å². The van der Waals surface area contributed by atoms with Crippen LogP contribution in [0.3, 0.4) is 0 Å². The number of carbonyl (C=O) groups excluding carboxylic acids is 2. The summed E-state index contributed by atoms with van der Waals surface area (Å²) in [6.45, 7) is 3.77. The average molecular weight is 501 g/mol. The van der Waals surface area contributed by atoms with Crippen LogP contribution in [-0.4, -0.2) is 28.5 Å². The van der Waals surface area contributed by atoms with Crippen molar-refractivity contribution < 1.29 is 19.4 Å². The standard InChI is InChI=1S/C29H25ClN2O4/c1-16-12-17(2)28(36-4)21(13-16)26(33)24-25(22-15-31(3)23-11-6-5-10-20(22)23)32(29(35)27(24)34)19-9-7-8-18(30)14-19/h5-15,25,33H,1-4H3/b26-24+. The summed E-state index contributed by atoms with van der Waals surface area (Å²) in [6, 6.07) is 17.4. The first-order valence-corrected chi connectivity index (χ1v) is 11.9. The summed E-state index contributed by atoms with van der Waals surface area (Å²) < 4.78 is 7.54. The van der Waals surface area contributed by atoms with Gasteiger partial charge in [0, 0.05) is 40.4 Å². The number of fused-ring (bicyclic) bond motifs is 1. The number of aliphatic hydroxyl groups excluding tert-OH is 1. The third-order valence-electron chi connectivity index (χ3n) is 6.63. The van der Waals surface area contributed by atoms with Gasteiger partial charge in [-0.3, -0.25) is 14.5 Å². The maximum Gasteiger partial charge on any atom is 0.300 e. The van der Waals surface area contributed by atoms with E-state index in [0.717, 1.165) is 27.6 Å². The number of rotatable bonds is 4. The Bertz CT molecular complexity index is 1580. The molecule has 7 heteroatoms. The minimum Gasteiger partial charge on any atom is -0.507 e. The number of Topliss-reactive ketones (excluding diaryl/α,β-unsaturated/α-hetero) is 1. The summed E-state index contributed by atoms with van der Waals surface area (Å²) in [7, 11) is 3.42. The van der Waals surface area contributed by atoms with Crippen molar-refractivity contribution in [3.63, 3.8) is 0 Å². The third-order valence-corrected chi connectivity index (χ3v) is 6.87. The number of aryl methyl sites for hydroxylation is 3. The molecule has 1 aliphatic rings. The van der Waals surface area contributed by atoms with Crippen LogP contribution in [0.2, 0.25) is 5.02 Å². The number of para-hydroxylation sites is 1. The predicted molar refractivity (Wildman–Crippen MR) is 142 cm³/mol. The van der Waals surface area contributed by atoms with Gasteiger partial charge in [-0.15, -0.1) is 0 Å². The van der Waals surface area contributed by atoms with Crippen molar-refractivity contribution in [1.82, 2.24) is 4.57 Å². The molecule has 0 aliphatic carbocycles. The van der Waals surface area contributed by atoms with E-state index in [2.05, 4.69) is 0 Å². The molecule has 0 saturated carbocycles. The topological polar surface area (TPSA) is 71.8 Å². The van der Waals surface area contributed by atoms with E-state index in [1.807, 2.05) is 62.0 Å². The Morgan fingerprint density at radius 2 is 1.78 bits per heavy atom. The van der Waals surface area contributed by atoms with E-state index < -0.39 is 17.7 Å². The third kappa shape index (κ3) is 3.65. The van der Waals surface area contributed by atoms with Gasteiger partial charge in [-0.1, -0.05) is 41.9 Å². The first kappa shape index (κ1) is 23.7. The number of methoxy groups -OCH3 is 1. The summed E-state index contributed by atoms with van der Waals surface area (Å²) in [5, 5.41) is 13.0. The number of benzene rings is 3. The fourth-order valence-electron chi connectivity index (χ4n) is 5.16. The molecule has 0 spiro atoms. The summed E-state index contributed by atoms with van der Waals surface area (Å²) >= 11 is 6.26. The molecular weight excluding hydrogens is 476 g/mol. The van der Waals surface area contributed by atoms with Crippen molar-refractivity contribution in [3.8, 4) is 5.75 Å². The van der Waals surface area contributed by atoms with Gasteiger partial charge < -0.3 is 14.4 Å². The molecule has 1 aliphatic heterocycles. The number of ether oxygens (including phenoxy) is 1. The van der Waals surface area contributed by atoms with Crippen molar-refractivity contribution >= 4 is 45.6 Å². The molecule has 1 amide bonds. The average Bonchev–Trinajstić information content (AvgIpc) is 3.31. The lowest BCUT2D eigenvalue weighted by Crippen LogP contribution is -2.29. The molecule has 6 nitrogen and oxygen atoms in total. The molecule has 3 aromatic carbocycles. The van der Waals surface area contributed by atoms with Gasteiger partial charge in [-0.25, -0.2) is 0 Å². The molecule has 0 radical (unpaired) electrons. The second kappa shape index (κ2) is 8.88. The Morgan fingerprint density at radius 3 is 2.50 bits per heavy atom. The Balaban J connectivity index is 1.85. The van der Waals surface area contributed by atoms with E-state index in [1.165, 1.54) is 12.0 Å². The van der Waals surface area contributed by atoms with Gasteiger partial charge in [0.2, 0.25) is 0 Å². The minimum absolute atomic E-state index is 0.000344. The Labute approximate surface area is 214 Å². The zero-order valence-electron chi connectivity index (χ0n) is 20.4. The number of anilines is 1. The van der Waals surface area contributed by atoms with Crippen LogP contribution in [-0.2, 0) is 16.6 Å². The van der Waals surface area contributed by atoms with Crippen LogP contribution < -0.4 is 9.64 Å². The molecule has 182 valence electrons. The minimum atomic E-state index is -0.875. The zero-order chi connectivity index (χ0) is 25.7. The number of hydrogen-bond donors (Lipinski definition) is 1. The summed E-state index contributed by atoms with van der Waals surface area (Å²) in [4.78, 5) is 28.5. The molecule has 4 aromatic rings. The second-order valence-electron chi connectivity index (χ2n) is 9.02. The SMILES string of the molecule is COc1c(C)cc(C)cc1/C(O)=C1\C(=O)C(=O)N(c2cccc(Cl)c2)C1c1cn(C)c2ccccc12. The van der Waals surface area contributed by atoms with Gasteiger partial charge in [-0.2, -0.15) is 0 Å². The monoisotopic (exact) mass is 500 g/mol. The molecule has 0 bridgehead atoms. The van der Waals surface area contributed by atoms with Crippen molar-refractivity contribution in [3.05, 3.63) is 99.7 Å². The zero-order valence-corrected chi connectivity index (χ0v) is 21.1. The number of carbonyl (C=O) groups is 2. The van der Waals surface area contributed by atoms with Crippen LogP contribution >= 0.6 is 11.6 Å². The number of halogens is 1. The Kier molecular flexibility index (Phi) is 5.85. The van der Waals surface area contributed by atoms with E-state index in [1.54, 1.807) is 30.3 Å². The molecule has 1 aromatic heterocycles. The van der Waals surface area contributed by atoms with Crippen LogP contribution in [0, 0.1) is 13.8 Å². The number of aliphatic hydroxyl groups is 1. The molecule has 1 fully saturated rings. The Hall–Kier alpha value is -4.03. The summed E-state index contributed by atoms with van der Waals surface area (Å²) in [5.41, 5.74) is 4.19. The highest BCUT2D eigenvalue weighted by Crippen LogP contribution is 2.46. The van der Waals surface area contributed by atoms with Gasteiger partial charge in [0.1, 0.15) is 11.5 Å². The van der Waals surface area contributed by atoms with Gasteiger partial charge >= 0.3 is 0 Å². The van der Waals surface area contributed by atoms with E-state index in [9.17, 15) is 14.7 Å². The van der Waals surface area contributed by atoms with Gasteiger partial charge in [-0.05, 0) is 55.3 Å². The fourth-order valence-corrected chi connectivity index (χ4v) is 5.34. The number of hydrogen-bond acceptors (Lipinski definition) is 4. The molecule has 36 heavy (non-hydrogen) atoms. The molecule has 1 atom stereocenters.